The van der Waals surface area contributed by atoms with Crippen LogP contribution in [0.3, 0.4) is 0 Å². The molecule has 0 bridgehead atoms. The van der Waals surface area contributed by atoms with Crippen molar-refractivity contribution in [2.24, 2.45) is 0 Å². The molecule has 0 fully saturated rings. The van der Waals surface area contributed by atoms with Gasteiger partial charge in [-0.25, -0.2) is 0 Å². The number of rotatable bonds is 6. The van der Waals surface area contributed by atoms with Gasteiger partial charge in [-0.2, -0.15) is 0 Å². The van der Waals surface area contributed by atoms with E-state index in [1.807, 2.05) is 0 Å². The lowest BCUT2D eigenvalue weighted by Crippen LogP contribution is -2.22. The summed E-state index contributed by atoms with van der Waals surface area (Å²) in [5, 5.41) is 3.12. The molecule has 0 aromatic heterocycles. The highest BCUT2D eigenvalue weighted by Gasteiger charge is 2.23. The molecule has 0 saturated carbocycles. The van der Waals surface area contributed by atoms with Gasteiger partial charge in [-0.05, 0) is 64.7 Å². The van der Waals surface area contributed by atoms with E-state index < -0.39 is 0 Å². The summed E-state index contributed by atoms with van der Waals surface area (Å²) in [7, 11) is -0.285. The monoisotopic (exact) mass is 326 g/mol. The van der Waals surface area contributed by atoms with Crippen LogP contribution in [-0.2, 0) is 0 Å². The maximum absolute atomic E-state index is 2.43. The molecule has 124 valence electrons. The van der Waals surface area contributed by atoms with Crippen molar-refractivity contribution in [3.63, 3.8) is 0 Å². The van der Waals surface area contributed by atoms with Crippen molar-refractivity contribution in [3.8, 4) is 0 Å². The second kappa shape index (κ2) is 8.11. The zero-order chi connectivity index (χ0) is 17.0. The van der Waals surface area contributed by atoms with Crippen LogP contribution in [0.4, 0.5) is 0 Å². The van der Waals surface area contributed by atoms with Gasteiger partial charge < -0.3 is 0 Å². The molecular weight excluding hydrogens is 295 g/mol. The van der Waals surface area contributed by atoms with E-state index in [2.05, 4.69) is 77.9 Å². The third-order valence-corrected chi connectivity index (χ3v) is 7.41. The average molecular weight is 326 g/mol. The topological polar surface area (TPSA) is 0 Å². The smallest absolute Gasteiger partial charge is 0.0131 e. The molecule has 1 atom stereocenters. The number of hydrogen-bond acceptors (Lipinski definition) is 0. The van der Waals surface area contributed by atoms with Crippen LogP contribution in [0.2, 0.25) is 0 Å². The molecule has 0 amide bonds. The summed E-state index contributed by atoms with van der Waals surface area (Å²) in [5.41, 5.74) is 6.34. The Hall–Kier alpha value is -1.13. The predicted octanol–water partition coefficient (Wildman–Crippen LogP) is 5.93. The van der Waals surface area contributed by atoms with E-state index in [-0.39, 0.29) is 7.92 Å². The summed E-state index contributed by atoms with van der Waals surface area (Å²) >= 11 is 0. The predicted molar refractivity (Wildman–Crippen MR) is 107 cm³/mol. The number of benzene rings is 2. The van der Waals surface area contributed by atoms with E-state index in [0.29, 0.717) is 0 Å². The van der Waals surface area contributed by atoms with Crippen molar-refractivity contribution in [3.05, 3.63) is 58.7 Å². The molecule has 0 aliphatic heterocycles. The van der Waals surface area contributed by atoms with E-state index >= 15 is 0 Å². The van der Waals surface area contributed by atoms with Crippen LogP contribution in [0, 0.1) is 27.7 Å². The fourth-order valence-electron chi connectivity index (χ4n) is 3.60. The standard InChI is InChI=1S/C22H31P/c1-7-9-20(8-2)23(21-12-16(3)10-17(4)13-21)22-14-18(5)11-19(6)15-22/h10-15,20H,7-9H2,1-6H3. The Kier molecular flexibility index (Phi) is 6.42. The molecule has 0 N–H and O–H groups in total. The first-order chi connectivity index (χ1) is 10.9. The molecule has 0 heterocycles. The lowest BCUT2D eigenvalue weighted by molar-refractivity contribution is 0.714. The Balaban J connectivity index is 2.58. The van der Waals surface area contributed by atoms with E-state index in [9.17, 15) is 0 Å². The van der Waals surface area contributed by atoms with Crippen LogP contribution < -0.4 is 10.6 Å². The largest absolute Gasteiger partial charge is 0.0654 e. The Morgan fingerprint density at radius 2 is 1.09 bits per heavy atom. The second-order valence-corrected chi connectivity index (χ2v) is 9.42. The van der Waals surface area contributed by atoms with E-state index in [4.69, 9.17) is 0 Å². The molecule has 2 aromatic rings. The molecule has 1 unspecified atom stereocenters. The molecule has 0 spiro atoms. The van der Waals surface area contributed by atoms with Crippen LogP contribution in [0.25, 0.3) is 0 Å². The maximum Gasteiger partial charge on any atom is -0.0131 e. The Morgan fingerprint density at radius 1 is 0.696 bits per heavy atom. The summed E-state index contributed by atoms with van der Waals surface area (Å²) in [6, 6.07) is 14.3. The van der Waals surface area contributed by atoms with Gasteiger partial charge in [0.1, 0.15) is 0 Å². The summed E-state index contributed by atoms with van der Waals surface area (Å²) in [6.07, 6.45) is 3.86. The highest BCUT2D eigenvalue weighted by Crippen LogP contribution is 2.44. The van der Waals surface area contributed by atoms with Gasteiger partial charge >= 0.3 is 0 Å². The molecule has 0 saturated heterocycles. The van der Waals surface area contributed by atoms with E-state index in [1.165, 1.54) is 41.5 Å². The van der Waals surface area contributed by atoms with Crippen molar-refractivity contribution in [2.75, 3.05) is 0 Å². The van der Waals surface area contributed by atoms with Gasteiger partial charge in [0, 0.05) is 0 Å². The van der Waals surface area contributed by atoms with Gasteiger partial charge in [0.05, 0.1) is 0 Å². The first-order valence-electron chi connectivity index (χ1n) is 8.90. The third-order valence-electron chi connectivity index (χ3n) is 4.43. The van der Waals surface area contributed by atoms with Gasteiger partial charge in [-0.1, -0.05) is 78.9 Å². The van der Waals surface area contributed by atoms with Crippen molar-refractivity contribution >= 4 is 18.5 Å². The van der Waals surface area contributed by atoms with Crippen LogP contribution >= 0.6 is 7.92 Å². The third kappa shape index (κ3) is 4.67. The van der Waals surface area contributed by atoms with Gasteiger partial charge in [0.2, 0.25) is 0 Å². The molecule has 2 rings (SSSR count). The highest BCUT2D eigenvalue weighted by atomic mass is 31.1. The fourth-order valence-corrected chi connectivity index (χ4v) is 6.99. The van der Waals surface area contributed by atoms with E-state index in [0.717, 1.165) is 5.66 Å². The number of hydrogen-bond donors (Lipinski definition) is 0. The molecule has 0 nitrogen and oxygen atoms in total. The lowest BCUT2D eigenvalue weighted by Gasteiger charge is -2.29. The first-order valence-corrected chi connectivity index (χ1v) is 10.3. The lowest BCUT2D eigenvalue weighted by atomic mass is 10.2. The Bertz CT molecular complexity index is 565. The summed E-state index contributed by atoms with van der Waals surface area (Å²) in [6.45, 7) is 13.6. The van der Waals surface area contributed by atoms with Crippen molar-refractivity contribution < 1.29 is 0 Å². The van der Waals surface area contributed by atoms with Gasteiger partial charge in [0.25, 0.3) is 0 Å². The minimum Gasteiger partial charge on any atom is -0.0654 e. The van der Waals surface area contributed by atoms with Crippen LogP contribution in [-0.4, -0.2) is 5.66 Å². The number of aryl methyl sites for hydroxylation is 4. The van der Waals surface area contributed by atoms with E-state index in [1.54, 1.807) is 10.6 Å². The van der Waals surface area contributed by atoms with Gasteiger partial charge in [-0.15, -0.1) is 0 Å². The van der Waals surface area contributed by atoms with Crippen LogP contribution in [0.15, 0.2) is 36.4 Å². The highest BCUT2D eigenvalue weighted by molar-refractivity contribution is 7.73. The summed E-state index contributed by atoms with van der Waals surface area (Å²) in [5.74, 6) is 0. The van der Waals surface area contributed by atoms with Gasteiger partial charge in [0.15, 0.2) is 0 Å². The van der Waals surface area contributed by atoms with Crippen molar-refractivity contribution in [1.29, 1.82) is 0 Å². The molecule has 0 aliphatic rings. The zero-order valence-corrected chi connectivity index (χ0v) is 16.5. The van der Waals surface area contributed by atoms with Crippen LogP contribution in [0.1, 0.15) is 55.4 Å². The molecule has 0 radical (unpaired) electrons. The SMILES string of the molecule is CCCC(CC)P(c1cc(C)cc(C)c1)c1cc(C)cc(C)c1. The first kappa shape index (κ1) is 18.2. The molecule has 0 aliphatic carbocycles. The minimum absolute atomic E-state index is 0.285. The fraction of sp³-hybridized carbons (Fsp3) is 0.455. The average Bonchev–Trinajstić information content (AvgIpc) is 2.44. The van der Waals surface area contributed by atoms with Crippen molar-refractivity contribution in [2.45, 2.75) is 66.5 Å². The van der Waals surface area contributed by atoms with Gasteiger partial charge in [-0.3, -0.25) is 0 Å². The zero-order valence-electron chi connectivity index (χ0n) is 15.6. The Labute approximate surface area is 144 Å². The second-order valence-electron chi connectivity index (χ2n) is 6.91. The molecular formula is C22H31P. The maximum atomic E-state index is 2.43. The molecule has 2 aromatic carbocycles. The normalized spacial score (nSPS) is 12.7. The molecule has 23 heavy (non-hydrogen) atoms. The quantitative estimate of drug-likeness (QED) is 0.577. The Morgan fingerprint density at radius 3 is 1.39 bits per heavy atom. The minimum atomic E-state index is -0.285. The summed E-state index contributed by atoms with van der Waals surface area (Å²) < 4.78 is 0. The molecule has 1 heteroatoms. The van der Waals surface area contributed by atoms with Crippen LogP contribution in [0.5, 0.6) is 0 Å². The van der Waals surface area contributed by atoms with Crippen molar-refractivity contribution in [1.82, 2.24) is 0 Å². The summed E-state index contributed by atoms with van der Waals surface area (Å²) in [4.78, 5) is 0.